The first-order valence-corrected chi connectivity index (χ1v) is 9.89. The second-order valence-corrected chi connectivity index (χ2v) is 7.97. The number of carbonyl (C=O) groups excluding carboxylic acids is 1. The van der Waals surface area contributed by atoms with Crippen molar-refractivity contribution in [1.29, 1.82) is 0 Å². The highest BCUT2D eigenvalue weighted by Gasteiger charge is 2.34. The Morgan fingerprint density at radius 1 is 1.15 bits per heavy atom. The topological polar surface area (TPSA) is 49.8 Å². The van der Waals surface area contributed by atoms with Crippen molar-refractivity contribution in [3.63, 3.8) is 0 Å². The van der Waals surface area contributed by atoms with E-state index in [1.807, 2.05) is 24.3 Å². The molecule has 0 aliphatic carbocycles. The predicted octanol–water partition coefficient (Wildman–Crippen LogP) is 4.11. The molecule has 3 rings (SSSR count). The fourth-order valence-electron chi connectivity index (χ4n) is 2.94. The maximum absolute atomic E-state index is 12.5. The summed E-state index contributed by atoms with van der Waals surface area (Å²) in [6.45, 7) is 1.11. The number of likely N-dealkylation sites (tertiary alicyclic amines) is 1. The monoisotopic (exact) mass is 391 g/mol. The molecule has 2 aromatic rings. The number of ether oxygens (including phenoxy) is 1. The van der Waals surface area contributed by atoms with Crippen LogP contribution in [0.15, 0.2) is 53.4 Å². The first-order chi connectivity index (χ1) is 12.5. The molecule has 1 fully saturated rings. The molecule has 0 unspecified atom stereocenters. The summed E-state index contributed by atoms with van der Waals surface area (Å²) in [6.07, 6.45) is 1.16. The van der Waals surface area contributed by atoms with E-state index in [-0.39, 0.29) is 5.91 Å². The summed E-state index contributed by atoms with van der Waals surface area (Å²) >= 11 is 7.50. The van der Waals surface area contributed by atoms with Crippen molar-refractivity contribution in [3.05, 3.63) is 59.1 Å². The van der Waals surface area contributed by atoms with Gasteiger partial charge in [-0.2, -0.15) is 0 Å². The van der Waals surface area contributed by atoms with E-state index < -0.39 is 5.60 Å². The number of rotatable bonds is 5. The number of hydrogen-bond acceptors (Lipinski definition) is 4. The van der Waals surface area contributed by atoms with Crippen LogP contribution in [0.1, 0.15) is 23.2 Å². The molecular weight excluding hydrogens is 370 g/mol. The standard InChI is InChI=1S/C20H22ClNO3S/c1-25-17-6-8-18(9-7-17)26-14-20(24)10-12-22(13-11-20)19(23)15-2-4-16(21)5-3-15/h2-9,24H,10-14H2,1H3. The maximum Gasteiger partial charge on any atom is 0.253 e. The highest BCUT2D eigenvalue weighted by atomic mass is 35.5. The van der Waals surface area contributed by atoms with Crippen LogP contribution in [0.3, 0.4) is 0 Å². The zero-order valence-corrected chi connectivity index (χ0v) is 16.2. The number of methoxy groups -OCH3 is 1. The number of amides is 1. The Balaban J connectivity index is 1.52. The number of thioether (sulfide) groups is 1. The predicted molar refractivity (Wildman–Crippen MR) is 105 cm³/mol. The van der Waals surface area contributed by atoms with Gasteiger partial charge >= 0.3 is 0 Å². The van der Waals surface area contributed by atoms with Crippen LogP contribution in [0, 0.1) is 0 Å². The third-order valence-corrected chi connectivity index (χ3v) is 6.18. The summed E-state index contributed by atoms with van der Waals surface area (Å²) in [5, 5.41) is 11.5. The number of aliphatic hydroxyl groups is 1. The Bertz CT molecular complexity index is 741. The summed E-state index contributed by atoms with van der Waals surface area (Å²) in [5.74, 6) is 1.43. The van der Waals surface area contributed by atoms with Crippen molar-refractivity contribution in [2.75, 3.05) is 26.0 Å². The molecule has 1 saturated heterocycles. The lowest BCUT2D eigenvalue weighted by Crippen LogP contribution is -2.48. The Morgan fingerprint density at radius 3 is 2.35 bits per heavy atom. The van der Waals surface area contributed by atoms with Gasteiger partial charge in [0, 0.05) is 34.3 Å². The van der Waals surface area contributed by atoms with Crippen LogP contribution >= 0.6 is 23.4 Å². The van der Waals surface area contributed by atoms with Crippen LogP contribution in [0.5, 0.6) is 5.75 Å². The van der Waals surface area contributed by atoms with Gasteiger partial charge in [0.2, 0.25) is 0 Å². The number of benzene rings is 2. The third kappa shape index (κ3) is 4.72. The van der Waals surface area contributed by atoms with Gasteiger partial charge in [0.25, 0.3) is 5.91 Å². The first kappa shape index (κ1) is 19.1. The normalized spacial score (nSPS) is 16.3. The molecular formula is C20H22ClNO3S. The fraction of sp³-hybridized carbons (Fsp3) is 0.350. The molecule has 138 valence electrons. The van der Waals surface area contributed by atoms with Crippen LogP contribution in [0.25, 0.3) is 0 Å². The Hall–Kier alpha value is -1.69. The SMILES string of the molecule is COc1ccc(SCC2(O)CCN(C(=O)c3ccc(Cl)cc3)CC2)cc1. The molecule has 1 heterocycles. The lowest BCUT2D eigenvalue weighted by Gasteiger charge is -2.38. The van der Waals surface area contributed by atoms with Gasteiger partial charge in [-0.05, 0) is 61.4 Å². The van der Waals surface area contributed by atoms with Crippen LogP contribution < -0.4 is 4.74 Å². The third-order valence-electron chi connectivity index (χ3n) is 4.64. The van der Waals surface area contributed by atoms with E-state index >= 15 is 0 Å². The van der Waals surface area contributed by atoms with Crippen LogP contribution in [0.2, 0.25) is 5.02 Å². The highest BCUT2D eigenvalue weighted by molar-refractivity contribution is 7.99. The number of piperidine rings is 1. The Labute approximate surface area is 163 Å². The van der Waals surface area contributed by atoms with Crippen molar-refractivity contribution in [2.24, 2.45) is 0 Å². The summed E-state index contributed by atoms with van der Waals surface area (Å²) in [4.78, 5) is 15.4. The smallest absolute Gasteiger partial charge is 0.253 e. The van der Waals surface area contributed by atoms with Crippen molar-refractivity contribution in [1.82, 2.24) is 4.90 Å². The molecule has 6 heteroatoms. The number of hydrogen-bond donors (Lipinski definition) is 1. The van der Waals surface area contributed by atoms with Gasteiger partial charge in [-0.1, -0.05) is 11.6 Å². The largest absolute Gasteiger partial charge is 0.497 e. The number of halogens is 1. The van der Waals surface area contributed by atoms with Gasteiger partial charge in [0.15, 0.2) is 0 Å². The summed E-state index contributed by atoms with van der Waals surface area (Å²) in [6, 6.07) is 14.7. The lowest BCUT2D eigenvalue weighted by molar-refractivity contribution is 0.00162. The molecule has 1 N–H and O–H groups in total. The molecule has 0 saturated carbocycles. The van der Waals surface area contributed by atoms with E-state index in [2.05, 4.69) is 0 Å². The summed E-state index contributed by atoms with van der Waals surface area (Å²) in [5.41, 5.74) is -0.117. The van der Waals surface area contributed by atoms with Crippen molar-refractivity contribution in [3.8, 4) is 5.75 Å². The number of carbonyl (C=O) groups is 1. The van der Waals surface area contributed by atoms with E-state index in [4.69, 9.17) is 16.3 Å². The average Bonchev–Trinajstić information content (AvgIpc) is 2.67. The molecule has 1 amide bonds. The van der Waals surface area contributed by atoms with Crippen LogP contribution in [-0.4, -0.2) is 47.5 Å². The minimum absolute atomic E-state index is 0.00785. The van der Waals surface area contributed by atoms with Gasteiger partial charge in [-0.25, -0.2) is 0 Å². The average molecular weight is 392 g/mol. The first-order valence-electron chi connectivity index (χ1n) is 8.53. The quantitative estimate of drug-likeness (QED) is 0.779. The van der Waals surface area contributed by atoms with E-state index in [9.17, 15) is 9.90 Å². The van der Waals surface area contributed by atoms with Gasteiger partial charge in [0.1, 0.15) is 5.75 Å². The molecule has 1 aliphatic heterocycles. The van der Waals surface area contributed by atoms with Gasteiger partial charge in [0.05, 0.1) is 12.7 Å². The zero-order chi connectivity index (χ0) is 18.6. The van der Waals surface area contributed by atoms with Gasteiger partial charge in [-0.3, -0.25) is 4.79 Å². The van der Waals surface area contributed by atoms with Gasteiger partial charge in [-0.15, -0.1) is 11.8 Å². The lowest BCUT2D eigenvalue weighted by atomic mass is 9.93. The maximum atomic E-state index is 12.5. The molecule has 26 heavy (non-hydrogen) atoms. The van der Waals surface area contributed by atoms with Crippen LogP contribution in [-0.2, 0) is 0 Å². The molecule has 0 spiro atoms. The van der Waals surface area contributed by atoms with Gasteiger partial charge < -0.3 is 14.7 Å². The molecule has 1 aliphatic rings. The fourth-order valence-corrected chi connectivity index (χ4v) is 4.11. The second-order valence-electron chi connectivity index (χ2n) is 6.49. The Kier molecular flexibility index (Phi) is 6.12. The van der Waals surface area contributed by atoms with E-state index in [0.717, 1.165) is 10.6 Å². The van der Waals surface area contributed by atoms with Crippen LogP contribution in [0.4, 0.5) is 0 Å². The van der Waals surface area contributed by atoms with Crippen molar-refractivity contribution in [2.45, 2.75) is 23.3 Å². The van der Waals surface area contributed by atoms with Crippen molar-refractivity contribution < 1.29 is 14.6 Å². The summed E-state index contributed by atoms with van der Waals surface area (Å²) in [7, 11) is 1.64. The second kappa shape index (κ2) is 8.33. The molecule has 0 atom stereocenters. The molecule has 2 aromatic carbocycles. The Morgan fingerprint density at radius 2 is 1.77 bits per heavy atom. The molecule has 4 nitrogen and oxygen atoms in total. The van der Waals surface area contributed by atoms with Crippen molar-refractivity contribution >= 4 is 29.3 Å². The molecule has 0 bridgehead atoms. The van der Waals surface area contributed by atoms with E-state index in [1.165, 1.54) is 0 Å². The minimum atomic E-state index is -0.749. The highest BCUT2D eigenvalue weighted by Crippen LogP contribution is 2.31. The number of nitrogens with zero attached hydrogens (tertiary/aromatic N) is 1. The zero-order valence-electron chi connectivity index (χ0n) is 14.7. The van der Waals surface area contributed by atoms with E-state index in [1.54, 1.807) is 48.0 Å². The van der Waals surface area contributed by atoms with E-state index in [0.29, 0.717) is 42.3 Å². The summed E-state index contributed by atoms with van der Waals surface area (Å²) < 4.78 is 5.16. The minimum Gasteiger partial charge on any atom is -0.497 e. The molecule has 0 radical (unpaired) electrons. The molecule has 0 aromatic heterocycles.